The fourth-order valence-corrected chi connectivity index (χ4v) is 3.99. The van der Waals surface area contributed by atoms with E-state index in [9.17, 15) is 0 Å². The van der Waals surface area contributed by atoms with E-state index < -0.39 is 0 Å². The molecule has 1 aromatic heterocycles. The van der Waals surface area contributed by atoms with E-state index in [2.05, 4.69) is 46.0 Å². The van der Waals surface area contributed by atoms with Crippen molar-refractivity contribution in [3.63, 3.8) is 0 Å². The van der Waals surface area contributed by atoms with Gasteiger partial charge < -0.3 is 19.9 Å². The van der Waals surface area contributed by atoms with E-state index in [1.165, 1.54) is 29.3 Å². The van der Waals surface area contributed by atoms with E-state index in [-0.39, 0.29) is 0 Å². The third kappa shape index (κ3) is 3.56. The van der Waals surface area contributed by atoms with Crippen LogP contribution in [0.2, 0.25) is 0 Å². The molecular formula is C22H27N3O. The van der Waals surface area contributed by atoms with Crippen molar-refractivity contribution in [1.82, 2.24) is 9.47 Å². The minimum atomic E-state index is 0.575. The molecule has 2 heterocycles. The summed E-state index contributed by atoms with van der Waals surface area (Å²) in [6, 6.07) is 17.4. The van der Waals surface area contributed by atoms with Gasteiger partial charge in [0, 0.05) is 37.6 Å². The van der Waals surface area contributed by atoms with Crippen LogP contribution in [0.4, 0.5) is 5.69 Å². The molecule has 0 saturated carbocycles. The predicted molar refractivity (Wildman–Crippen MR) is 108 cm³/mol. The summed E-state index contributed by atoms with van der Waals surface area (Å²) >= 11 is 0. The molecule has 0 aliphatic carbocycles. The molecular weight excluding hydrogens is 322 g/mol. The van der Waals surface area contributed by atoms with E-state index in [1.807, 2.05) is 18.2 Å². The molecule has 0 radical (unpaired) electrons. The maximum atomic E-state index is 5.99. The van der Waals surface area contributed by atoms with E-state index in [1.54, 1.807) is 7.11 Å². The zero-order valence-corrected chi connectivity index (χ0v) is 15.4. The first-order valence-corrected chi connectivity index (χ1v) is 9.44. The molecule has 4 nitrogen and oxygen atoms in total. The Kier molecular flexibility index (Phi) is 4.85. The number of rotatable bonds is 5. The van der Waals surface area contributed by atoms with Crippen molar-refractivity contribution in [2.75, 3.05) is 32.5 Å². The van der Waals surface area contributed by atoms with Crippen LogP contribution < -0.4 is 10.5 Å². The number of hydrogen-bond acceptors (Lipinski definition) is 3. The summed E-state index contributed by atoms with van der Waals surface area (Å²) in [5.74, 6) is 0.925. The summed E-state index contributed by atoms with van der Waals surface area (Å²) in [5, 5.41) is 1.28. The maximum absolute atomic E-state index is 5.99. The summed E-state index contributed by atoms with van der Waals surface area (Å²) < 4.78 is 7.65. The maximum Gasteiger partial charge on any atom is 0.118 e. The van der Waals surface area contributed by atoms with Crippen molar-refractivity contribution < 1.29 is 4.74 Å². The molecule has 0 bridgehead atoms. The number of nitrogens with zero attached hydrogens (tertiary/aromatic N) is 2. The molecule has 2 aromatic carbocycles. The van der Waals surface area contributed by atoms with Crippen molar-refractivity contribution in [1.29, 1.82) is 0 Å². The van der Waals surface area contributed by atoms with Crippen LogP contribution in [-0.4, -0.2) is 36.2 Å². The number of nitrogen functional groups attached to an aromatic ring is 1. The Hall–Kier alpha value is -2.46. The van der Waals surface area contributed by atoms with Crippen molar-refractivity contribution >= 4 is 16.6 Å². The summed E-state index contributed by atoms with van der Waals surface area (Å²) in [5.41, 5.74) is 9.47. The number of anilines is 1. The van der Waals surface area contributed by atoms with Crippen LogP contribution in [0, 0.1) is 0 Å². The lowest BCUT2D eigenvalue weighted by Crippen LogP contribution is -2.35. The second-order valence-corrected chi connectivity index (χ2v) is 7.21. The average molecular weight is 349 g/mol. The number of methoxy groups -OCH3 is 1. The van der Waals surface area contributed by atoms with E-state index in [4.69, 9.17) is 10.5 Å². The molecule has 0 amide bonds. The normalized spacial score (nSPS) is 16.2. The number of aromatic nitrogens is 1. The van der Waals surface area contributed by atoms with Crippen LogP contribution >= 0.6 is 0 Å². The first-order valence-electron chi connectivity index (χ1n) is 9.44. The van der Waals surface area contributed by atoms with Crippen LogP contribution in [0.15, 0.2) is 54.7 Å². The van der Waals surface area contributed by atoms with Crippen LogP contribution in [0.3, 0.4) is 0 Å². The molecule has 2 N–H and O–H groups in total. The first-order chi connectivity index (χ1) is 12.7. The molecule has 3 aromatic rings. The highest BCUT2D eigenvalue weighted by atomic mass is 16.5. The molecule has 1 fully saturated rings. The average Bonchev–Trinajstić information content (AvgIpc) is 3.10. The van der Waals surface area contributed by atoms with Crippen LogP contribution in [-0.2, 0) is 6.42 Å². The molecule has 4 rings (SSSR count). The standard InChI is InChI=1S/C22H27N3O/c1-26-21-6-2-17(3-7-21)8-12-24-13-10-20(11-14-24)25-15-9-18-4-5-19(23)16-22(18)25/h2-7,9,15-16,20H,8,10-14,23H2,1H3. The van der Waals surface area contributed by atoms with Crippen molar-refractivity contribution in [2.24, 2.45) is 0 Å². The number of likely N-dealkylation sites (tertiary alicyclic amines) is 1. The first kappa shape index (κ1) is 17.0. The van der Waals surface area contributed by atoms with Crippen molar-refractivity contribution in [2.45, 2.75) is 25.3 Å². The largest absolute Gasteiger partial charge is 0.497 e. The Labute approximate surface area is 155 Å². The monoisotopic (exact) mass is 349 g/mol. The predicted octanol–water partition coefficient (Wildman–Crippen LogP) is 4.11. The van der Waals surface area contributed by atoms with E-state index in [0.717, 1.165) is 37.5 Å². The smallest absolute Gasteiger partial charge is 0.118 e. The number of benzene rings is 2. The Morgan fingerprint density at radius 1 is 1.04 bits per heavy atom. The van der Waals surface area contributed by atoms with Gasteiger partial charge in [-0.15, -0.1) is 0 Å². The zero-order chi connectivity index (χ0) is 17.9. The van der Waals surface area contributed by atoms with E-state index >= 15 is 0 Å². The third-order valence-corrected chi connectivity index (χ3v) is 5.57. The Balaban J connectivity index is 1.34. The Morgan fingerprint density at radius 2 is 1.81 bits per heavy atom. The highest BCUT2D eigenvalue weighted by molar-refractivity contribution is 5.83. The van der Waals surface area contributed by atoms with Gasteiger partial charge in [0.05, 0.1) is 12.6 Å². The zero-order valence-electron chi connectivity index (χ0n) is 15.4. The molecule has 0 spiro atoms. The van der Waals surface area contributed by atoms with Crippen LogP contribution in [0.25, 0.3) is 10.9 Å². The SMILES string of the molecule is COc1ccc(CCN2CCC(n3ccc4ccc(N)cc43)CC2)cc1. The number of fused-ring (bicyclic) bond motifs is 1. The molecule has 136 valence electrons. The summed E-state index contributed by atoms with van der Waals surface area (Å²) in [4.78, 5) is 2.58. The third-order valence-electron chi connectivity index (χ3n) is 5.57. The lowest BCUT2D eigenvalue weighted by atomic mass is 10.0. The van der Waals surface area contributed by atoms with Crippen LogP contribution in [0.5, 0.6) is 5.75 Å². The van der Waals surface area contributed by atoms with Gasteiger partial charge in [0.2, 0.25) is 0 Å². The lowest BCUT2D eigenvalue weighted by Gasteiger charge is -2.33. The van der Waals surface area contributed by atoms with E-state index in [0.29, 0.717) is 6.04 Å². The summed E-state index contributed by atoms with van der Waals surface area (Å²) in [7, 11) is 1.71. The van der Waals surface area contributed by atoms with Gasteiger partial charge in [-0.2, -0.15) is 0 Å². The quantitative estimate of drug-likeness (QED) is 0.705. The number of hydrogen-bond donors (Lipinski definition) is 1. The second-order valence-electron chi connectivity index (χ2n) is 7.21. The Morgan fingerprint density at radius 3 is 2.54 bits per heavy atom. The second kappa shape index (κ2) is 7.42. The molecule has 4 heteroatoms. The number of nitrogens with two attached hydrogens (primary N) is 1. The van der Waals surface area contributed by atoms with Gasteiger partial charge in [-0.25, -0.2) is 0 Å². The molecule has 26 heavy (non-hydrogen) atoms. The molecule has 0 unspecified atom stereocenters. The fourth-order valence-electron chi connectivity index (χ4n) is 3.99. The van der Waals surface area contributed by atoms with Gasteiger partial charge in [0.15, 0.2) is 0 Å². The van der Waals surface area contributed by atoms with Gasteiger partial charge >= 0.3 is 0 Å². The topological polar surface area (TPSA) is 43.4 Å². The van der Waals surface area contributed by atoms with Crippen LogP contribution in [0.1, 0.15) is 24.4 Å². The van der Waals surface area contributed by atoms with Gasteiger partial charge in [-0.1, -0.05) is 18.2 Å². The minimum Gasteiger partial charge on any atom is -0.497 e. The highest BCUT2D eigenvalue weighted by Gasteiger charge is 2.21. The van der Waals surface area contributed by atoms with Crippen molar-refractivity contribution in [3.8, 4) is 5.75 Å². The molecule has 1 saturated heterocycles. The molecule has 0 atom stereocenters. The molecule has 1 aliphatic rings. The lowest BCUT2D eigenvalue weighted by molar-refractivity contribution is 0.190. The fraction of sp³-hybridized carbons (Fsp3) is 0.364. The number of piperidine rings is 1. The summed E-state index contributed by atoms with van der Waals surface area (Å²) in [6.07, 6.45) is 5.71. The summed E-state index contributed by atoms with van der Waals surface area (Å²) in [6.45, 7) is 3.43. The highest BCUT2D eigenvalue weighted by Crippen LogP contribution is 2.29. The van der Waals surface area contributed by atoms with Gasteiger partial charge in [-0.3, -0.25) is 0 Å². The van der Waals surface area contributed by atoms with Gasteiger partial charge in [0.25, 0.3) is 0 Å². The van der Waals surface area contributed by atoms with Gasteiger partial charge in [0.1, 0.15) is 5.75 Å². The Bertz CT molecular complexity index is 861. The number of ether oxygens (including phenoxy) is 1. The molecule has 1 aliphatic heterocycles. The van der Waals surface area contributed by atoms with Gasteiger partial charge in [-0.05, 0) is 60.5 Å². The minimum absolute atomic E-state index is 0.575. The van der Waals surface area contributed by atoms with Crippen molar-refractivity contribution in [3.05, 3.63) is 60.3 Å².